The average Bonchev–Trinajstić information content (AvgIpc) is 2.64. The van der Waals surface area contributed by atoms with Gasteiger partial charge in [0, 0.05) is 26.0 Å². The van der Waals surface area contributed by atoms with E-state index >= 15 is 0 Å². The summed E-state index contributed by atoms with van der Waals surface area (Å²) >= 11 is 4.93. The Bertz CT molecular complexity index is 365. The maximum Gasteiger partial charge on any atom is 0.205 e. The lowest BCUT2D eigenvalue weighted by Crippen LogP contribution is -2.48. The van der Waals surface area contributed by atoms with E-state index < -0.39 is 0 Å². The molecule has 0 bridgehead atoms. The molecule has 1 saturated heterocycles. The Morgan fingerprint density at radius 1 is 1.73 bits per heavy atom. The zero-order valence-electron chi connectivity index (χ0n) is 8.59. The second-order valence-corrected chi connectivity index (χ2v) is 4.02. The molecule has 0 amide bonds. The molecule has 0 radical (unpaired) electrons. The number of morpholine rings is 1. The summed E-state index contributed by atoms with van der Waals surface area (Å²) in [4.78, 5) is 6.83. The number of aryl methyl sites for hydroxylation is 1. The number of anilines is 1. The number of rotatable bonds is 2. The number of nitrogens with two attached hydrogens (primary N) is 1. The van der Waals surface area contributed by atoms with Gasteiger partial charge in [0.05, 0.1) is 13.2 Å². The van der Waals surface area contributed by atoms with E-state index in [1.807, 2.05) is 17.8 Å². The molecule has 2 rings (SSSR count). The van der Waals surface area contributed by atoms with Crippen LogP contribution in [0.2, 0.25) is 0 Å². The summed E-state index contributed by atoms with van der Waals surface area (Å²) in [5, 5.41) is 0. The van der Waals surface area contributed by atoms with Crippen molar-refractivity contribution in [3.8, 4) is 0 Å². The van der Waals surface area contributed by atoms with Crippen molar-refractivity contribution in [2.75, 3.05) is 24.6 Å². The van der Waals surface area contributed by atoms with E-state index in [0.29, 0.717) is 18.1 Å². The molecule has 1 aromatic heterocycles. The lowest BCUT2D eigenvalue weighted by molar-refractivity contribution is 0.0839. The Hall–Kier alpha value is -1.14. The quantitative estimate of drug-likeness (QED) is 0.714. The van der Waals surface area contributed by atoms with Crippen molar-refractivity contribution in [2.24, 2.45) is 12.8 Å². The van der Waals surface area contributed by atoms with Gasteiger partial charge in [-0.1, -0.05) is 12.2 Å². The minimum Gasteiger partial charge on any atom is -0.391 e. The summed E-state index contributed by atoms with van der Waals surface area (Å²) in [6, 6.07) is 0. The minimum atomic E-state index is -0.162. The first-order chi connectivity index (χ1) is 7.18. The fourth-order valence-electron chi connectivity index (χ4n) is 1.67. The van der Waals surface area contributed by atoms with Gasteiger partial charge in [0.25, 0.3) is 0 Å². The second-order valence-electron chi connectivity index (χ2n) is 3.55. The third kappa shape index (κ3) is 2.10. The highest BCUT2D eigenvalue weighted by Crippen LogP contribution is 2.14. The van der Waals surface area contributed by atoms with Crippen LogP contribution in [0.5, 0.6) is 0 Å². The van der Waals surface area contributed by atoms with Gasteiger partial charge >= 0.3 is 0 Å². The number of hydrogen-bond donors (Lipinski definition) is 1. The summed E-state index contributed by atoms with van der Waals surface area (Å²) in [5.74, 6) is 0.930. The summed E-state index contributed by atoms with van der Waals surface area (Å²) in [7, 11) is 1.97. The van der Waals surface area contributed by atoms with E-state index in [9.17, 15) is 0 Å². The molecule has 1 unspecified atom stereocenters. The van der Waals surface area contributed by atoms with Gasteiger partial charge in [0.2, 0.25) is 5.95 Å². The van der Waals surface area contributed by atoms with Crippen LogP contribution in [0, 0.1) is 0 Å². The lowest BCUT2D eigenvalue weighted by Gasteiger charge is -2.32. The van der Waals surface area contributed by atoms with Crippen LogP contribution in [0.3, 0.4) is 0 Å². The molecule has 2 N–H and O–H groups in total. The van der Waals surface area contributed by atoms with Crippen LogP contribution in [0.15, 0.2) is 12.4 Å². The van der Waals surface area contributed by atoms with Gasteiger partial charge in [-0.15, -0.1) is 0 Å². The third-order valence-electron chi connectivity index (χ3n) is 2.46. The maximum atomic E-state index is 5.57. The smallest absolute Gasteiger partial charge is 0.205 e. The monoisotopic (exact) mass is 226 g/mol. The first kappa shape index (κ1) is 10.4. The molecule has 2 heterocycles. The van der Waals surface area contributed by atoms with Gasteiger partial charge < -0.3 is 19.9 Å². The van der Waals surface area contributed by atoms with Crippen LogP contribution in [0.25, 0.3) is 0 Å². The predicted molar refractivity (Wildman–Crippen MR) is 61.9 cm³/mol. The normalized spacial score (nSPS) is 21.7. The molecular formula is C9H14N4OS. The summed E-state index contributed by atoms with van der Waals surface area (Å²) in [6.45, 7) is 2.14. The Morgan fingerprint density at radius 2 is 2.53 bits per heavy atom. The predicted octanol–water partition coefficient (Wildman–Crippen LogP) is -0.0886. The van der Waals surface area contributed by atoms with Crippen molar-refractivity contribution in [3.63, 3.8) is 0 Å². The Labute approximate surface area is 93.8 Å². The van der Waals surface area contributed by atoms with Gasteiger partial charge in [-0.2, -0.15) is 0 Å². The van der Waals surface area contributed by atoms with E-state index in [4.69, 9.17) is 22.7 Å². The molecule has 6 heteroatoms. The van der Waals surface area contributed by atoms with Gasteiger partial charge in [-0.05, 0) is 0 Å². The molecule has 0 aromatic carbocycles. The molecule has 0 saturated carbocycles. The van der Waals surface area contributed by atoms with Crippen molar-refractivity contribution >= 4 is 23.2 Å². The number of imidazole rings is 1. The summed E-state index contributed by atoms with van der Waals surface area (Å²) in [5.41, 5.74) is 5.57. The van der Waals surface area contributed by atoms with Crippen molar-refractivity contribution in [1.29, 1.82) is 0 Å². The molecule has 82 valence electrons. The van der Waals surface area contributed by atoms with Crippen molar-refractivity contribution < 1.29 is 4.74 Å². The zero-order chi connectivity index (χ0) is 10.8. The van der Waals surface area contributed by atoms with Gasteiger partial charge in [0.1, 0.15) is 11.1 Å². The SMILES string of the molecule is Cn1ccnc1N1CCOC(C(N)=S)C1. The number of hydrogen-bond acceptors (Lipinski definition) is 4. The number of ether oxygens (including phenoxy) is 1. The minimum absolute atomic E-state index is 0.162. The van der Waals surface area contributed by atoms with Crippen LogP contribution >= 0.6 is 12.2 Å². The molecular weight excluding hydrogens is 212 g/mol. The number of thiocarbonyl (C=S) groups is 1. The lowest BCUT2D eigenvalue weighted by atomic mass is 10.3. The first-order valence-corrected chi connectivity index (χ1v) is 5.22. The molecule has 0 spiro atoms. The van der Waals surface area contributed by atoms with Gasteiger partial charge in [-0.3, -0.25) is 0 Å². The number of nitrogens with zero attached hydrogens (tertiary/aromatic N) is 3. The highest BCUT2D eigenvalue weighted by molar-refractivity contribution is 7.80. The molecule has 1 atom stereocenters. The summed E-state index contributed by atoms with van der Waals surface area (Å²) in [6.07, 6.45) is 3.53. The molecule has 15 heavy (non-hydrogen) atoms. The fourth-order valence-corrected chi connectivity index (χ4v) is 1.81. The average molecular weight is 226 g/mol. The van der Waals surface area contributed by atoms with E-state index in [2.05, 4.69) is 9.88 Å². The maximum absolute atomic E-state index is 5.57. The van der Waals surface area contributed by atoms with Crippen LogP contribution < -0.4 is 10.6 Å². The van der Waals surface area contributed by atoms with Crippen LogP contribution in [0.4, 0.5) is 5.95 Å². The third-order valence-corrected chi connectivity index (χ3v) is 2.73. The topological polar surface area (TPSA) is 56.3 Å². The van der Waals surface area contributed by atoms with Crippen molar-refractivity contribution in [1.82, 2.24) is 9.55 Å². The van der Waals surface area contributed by atoms with E-state index in [-0.39, 0.29) is 6.10 Å². The van der Waals surface area contributed by atoms with Crippen LogP contribution in [-0.4, -0.2) is 40.3 Å². The Kier molecular flexibility index (Phi) is 2.88. The highest BCUT2D eigenvalue weighted by atomic mass is 32.1. The fraction of sp³-hybridized carbons (Fsp3) is 0.556. The van der Waals surface area contributed by atoms with Crippen LogP contribution in [0.1, 0.15) is 0 Å². The Morgan fingerprint density at radius 3 is 3.13 bits per heavy atom. The van der Waals surface area contributed by atoms with E-state index in [1.165, 1.54) is 0 Å². The number of aromatic nitrogens is 2. The van der Waals surface area contributed by atoms with Gasteiger partial charge in [0.15, 0.2) is 0 Å². The second kappa shape index (κ2) is 4.16. The Balaban J connectivity index is 2.11. The molecule has 1 aliphatic heterocycles. The largest absolute Gasteiger partial charge is 0.391 e. The molecule has 5 nitrogen and oxygen atoms in total. The van der Waals surface area contributed by atoms with Crippen LogP contribution in [-0.2, 0) is 11.8 Å². The molecule has 1 fully saturated rings. The molecule has 0 aliphatic carbocycles. The van der Waals surface area contributed by atoms with E-state index in [0.717, 1.165) is 12.5 Å². The zero-order valence-corrected chi connectivity index (χ0v) is 9.41. The van der Waals surface area contributed by atoms with Crippen molar-refractivity contribution in [3.05, 3.63) is 12.4 Å². The van der Waals surface area contributed by atoms with E-state index in [1.54, 1.807) is 6.20 Å². The highest BCUT2D eigenvalue weighted by Gasteiger charge is 2.24. The molecule has 1 aliphatic rings. The first-order valence-electron chi connectivity index (χ1n) is 4.81. The molecule has 1 aromatic rings. The van der Waals surface area contributed by atoms with Crippen molar-refractivity contribution in [2.45, 2.75) is 6.10 Å². The standard InChI is InChI=1S/C9H14N4OS/c1-12-3-2-11-9(12)13-4-5-14-7(6-13)8(10)15/h2-3,7H,4-6H2,1H3,(H2,10,15). The summed E-state index contributed by atoms with van der Waals surface area (Å²) < 4.78 is 7.44. The van der Waals surface area contributed by atoms with Gasteiger partial charge in [-0.25, -0.2) is 4.98 Å².